The lowest BCUT2D eigenvalue weighted by Crippen LogP contribution is -2.33. The minimum atomic E-state index is 0.0945. The van der Waals surface area contributed by atoms with Gasteiger partial charge in [0.15, 0.2) is 0 Å². The van der Waals surface area contributed by atoms with Gasteiger partial charge in [-0.2, -0.15) is 0 Å². The van der Waals surface area contributed by atoms with Crippen LogP contribution in [-0.4, -0.2) is 37.5 Å². The minimum absolute atomic E-state index is 0.0945. The van der Waals surface area contributed by atoms with E-state index in [0.717, 1.165) is 25.1 Å². The fraction of sp³-hybridized carbons (Fsp3) is 0.500. The molecule has 1 saturated heterocycles. The number of amides is 1. The van der Waals surface area contributed by atoms with Crippen molar-refractivity contribution in [3.63, 3.8) is 0 Å². The summed E-state index contributed by atoms with van der Waals surface area (Å²) in [6.45, 7) is 2.96. The minimum Gasteiger partial charge on any atom is -0.397 e. The van der Waals surface area contributed by atoms with Gasteiger partial charge in [-0.3, -0.25) is 4.79 Å². The highest BCUT2D eigenvalue weighted by Crippen LogP contribution is 2.25. The summed E-state index contributed by atoms with van der Waals surface area (Å²) < 4.78 is 0. The first-order valence-electron chi connectivity index (χ1n) is 6.38. The molecule has 1 aliphatic heterocycles. The molecule has 1 aromatic carbocycles. The summed E-state index contributed by atoms with van der Waals surface area (Å²) in [7, 11) is 3.88. The van der Waals surface area contributed by atoms with Gasteiger partial charge in [0.05, 0.1) is 11.4 Å². The quantitative estimate of drug-likeness (QED) is 0.813. The molecular formula is C14H21N3O. The molecule has 1 aliphatic rings. The Kier molecular flexibility index (Phi) is 3.45. The van der Waals surface area contributed by atoms with Gasteiger partial charge in [-0.1, -0.05) is 0 Å². The summed E-state index contributed by atoms with van der Waals surface area (Å²) in [6, 6.07) is 5.89. The van der Waals surface area contributed by atoms with Crippen molar-refractivity contribution in [3.8, 4) is 0 Å². The average molecular weight is 247 g/mol. The second-order valence-corrected chi connectivity index (χ2v) is 5.16. The number of rotatable bonds is 2. The van der Waals surface area contributed by atoms with Crippen LogP contribution < -0.4 is 10.6 Å². The van der Waals surface area contributed by atoms with Gasteiger partial charge in [-0.25, -0.2) is 0 Å². The molecule has 2 N–H and O–H groups in total. The second-order valence-electron chi connectivity index (χ2n) is 5.16. The summed E-state index contributed by atoms with van der Waals surface area (Å²) in [4.78, 5) is 16.2. The van der Waals surface area contributed by atoms with E-state index in [4.69, 9.17) is 5.73 Å². The first-order chi connectivity index (χ1) is 8.50. The Morgan fingerprint density at radius 3 is 2.67 bits per heavy atom. The maximum atomic E-state index is 12.3. The third kappa shape index (κ3) is 2.28. The lowest BCUT2D eigenvalue weighted by Gasteiger charge is -2.22. The molecular weight excluding hydrogens is 226 g/mol. The fourth-order valence-corrected chi connectivity index (χ4v) is 2.50. The number of hydrogen-bond donors (Lipinski definition) is 1. The van der Waals surface area contributed by atoms with E-state index < -0.39 is 0 Å². The Morgan fingerprint density at radius 2 is 2.17 bits per heavy atom. The van der Waals surface area contributed by atoms with Gasteiger partial charge >= 0.3 is 0 Å². The molecule has 1 atom stereocenters. The van der Waals surface area contributed by atoms with Crippen molar-refractivity contribution in [2.75, 3.05) is 31.3 Å². The van der Waals surface area contributed by atoms with Gasteiger partial charge in [0.25, 0.3) is 5.91 Å². The number of carbonyl (C=O) groups excluding carboxylic acids is 1. The first-order valence-corrected chi connectivity index (χ1v) is 6.38. The monoisotopic (exact) mass is 247 g/mol. The Labute approximate surface area is 108 Å². The van der Waals surface area contributed by atoms with Crippen molar-refractivity contribution >= 4 is 17.3 Å². The molecule has 0 aliphatic carbocycles. The van der Waals surface area contributed by atoms with Crippen LogP contribution in [0.2, 0.25) is 0 Å². The van der Waals surface area contributed by atoms with Crippen molar-refractivity contribution in [3.05, 3.63) is 23.8 Å². The van der Waals surface area contributed by atoms with Crippen LogP contribution in [0.1, 0.15) is 30.1 Å². The molecule has 0 saturated carbocycles. The van der Waals surface area contributed by atoms with E-state index in [0.29, 0.717) is 17.3 Å². The highest BCUT2D eigenvalue weighted by Gasteiger charge is 2.26. The Morgan fingerprint density at radius 1 is 1.44 bits per heavy atom. The Hall–Kier alpha value is -1.71. The maximum absolute atomic E-state index is 12.3. The van der Waals surface area contributed by atoms with E-state index in [1.165, 1.54) is 0 Å². The number of nitrogen functional groups attached to an aromatic ring is 1. The van der Waals surface area contributed by atoms with Crippen molar-refractivity contribution in [1.82, 2.24) is 4.90 Å². The summed E-state index contributed by atoms with van der Waals surface area (Å²) in [5.74, 6) is 0.0945. The third-order valence-electron chi connectivity index (χ3n) is 3.57. The van der Waals surface area contributed by atoms with Crippen LogP contribution in [0, 0.1) is 0 Å². The van der Waals surface area contributed by atoms with Crippen LogP contribution in [-0.2, 0) is 0 Å². The van der Waals surface area contributed by atoms with E-state index in [9.17, 15) is 4.79 Å². The molecule has 0 spiro atoms. The molecule has 4 heteroatoms. The first kappa shape index (κ1) is 12.7. The molecule has 0 bridgehead atoms. The fourth-order valence-electron chi connectivity index (χ4n) is 2.50. The Bertz CT molecular complexity index is 456. The van der Waals surface area contributed by atoms with Crippen LogP contribution in [0.15, 0.2) is 18.2 Å². The highest BCUT2D eigenvalue weighted by molar-refractivity contribution is 5.96. The zero-order valence-corrected chi connectivity index (χ0v) is 11.3. The van der Waals surface area contributed by atoms with Crippen molar-refractivity contribution in [2.24, 2.45) is 0 Å². The van der Waals surface area contributed by atoms with Gasteiger partial charge < -0.3 is 15.5 Å². The van der Waals surface area contributed by atoms with Crippen molar-refractivity contribution in [2.45, 2.75) is 25.8 Å². The number of hydrogen-bond acceptors (Lipinski definition) is 3. The average Bonchev–Trinajstić information content (AvgIpc) is 2.74. The van der Waals surface area contributed by atoms with E-state index in [2.05, 4.69) is 6.92 Å². The molecule has 98 valence electrons. The summed E-state index contributed by atoms with van der Waals surface area (Å²) in [5, 5.41) is 0. The number of carbonyl (C=O) groups is 1. The second kappa shape index (κ2) is 4.88. The third-order valence-corrected chi connectivity index (χ3v) is 3.57. The van der Waals surface area contributed by atoms with Crippen LogP contribution in [0.25, 0.3) is 0 Å². The molecule has 0 radical (unpaired) electrons. The molecule has 18 heavy (non-hydrogen) atoms. The topological polar surface area (TPSA) is 49.6 Å². The maximum Gasteiger partial charge on any atom is 0.254 e. The van der Waals surface area contributed by atoms with Gasteiger partial charge in [0.2, 0.25) is 0 Å². The van der Waals surface area contributed by atoms with Crippen LogP contribution in [0.4, 0.5) is 11.4 Å². The van der Waals surface area contributed by atoms with Crippen LogP contribution in [0.3, 0.4) is 0 Å². The highest BCUT2D eigenvalue weighted by atomic mass is 16.2. The number of nitrogens with two attached hydrogens (primary N) is 1. The largest absolute Gasteiger partial charge is 0.397 e. The standard InChI is InChI=1S/C14H21N3O/c1-10-5-4-8-17(10)14(18)11-6-7-13(16(2)3)12(15)9-11/h6-7,9-10H,4-5,8,15H2,1-3H3. The lowest BCUT2D eigenvalue weighted by atomic mass is 10.1. The molecule has 1 amide bonds. The summed E-state index contributed by atoms with van der Waals surface area (Å²) >= 11 is 0. The number of likely N-dealkylation sites (tertiary alicyclic amines) is 1. The SMILES string of the molecule is CC1CCCN1C(=O)c1ccc(N(C)C)c(N)c1. The number of anilines is 2. The van der Waals surface area contributed by atoms with Gasteiger partial charge in [0, 0.05) is 32.2 Å². The van der Waals surface area contributed by atoms with Crippen molar-refractivity contribution < 1.29 is 4.79 Å². The van der Waals surface area contributed by atoms with E-state index in [-0.39, 0.29) is 5.91 Å². The normalized spacial score (nSPS) is 19.1. The molecule has 1 heterocycles. The lowest BCUT2D eigenvalue weighted by molar-refractivity contribution is 0.0747. The molecule has 1 fully saturated rings. The van der Waals surface area contributed by atoms with E-state index in [1.807, 2.05) is 36.0 Å². The van der Waals surface area contributed by atoms with Gasteiger partial charge in [-0.15, -0.1) is 0 Å². The molecule has 1 unspecified atom stereocenters. The van der Waals surface area contributed by atoms with E-state index in [1.54, 1.807) is 6.07 Å². The zero-order valence-electron chi connectivity index (χ0n) is 11.3. The summed E-state index contributed by atoms with van der Waals surface area (Å²) in [5.41, 5.74) is 8.26. The van der Waals surface area contributed by atoms with Crippen molar-refractivity contribution in [1.29, 1.82) is 0 Å². The summed E-state index contributed by atoms with van der Waals surface area (Å²) in [6.07, 6.45) is 2.19. The molecule has 2 rings (SSSR count). The Balaban J connectivity index is 2.24. The molecule has 4 nitrogen and oxygen atoms in total. The smallest absolute Gasteiger partial charge is 0.254 e. The van der Waals surface area contributed by atoms with Gasteiger partial charge in [0.1, 0.15) is 0 Å². The zero-order chi connectivity index (χ0) is 13.3. The van der Waals surface area contributed by atoms with Crippen LogP contribution >= 0.6 is 0 Å². The van der Waals surface area contributed by atoms with Crippen LogP contribution in [0.5, 0.6) is 0 Å². The van der Waals surface area contributed by atoms with E-state index >= 15 is 0 Å². The van der Waals surface area contributed by atoms with Gasteiger partial charge in [-0.05, 0) is 38.0 Å². The molecule has 0 aromatic heterocycles. The number of benzene rings is 1. The molecule has 1 aromatic rings. The number of nitrogens with zero attached hydrogens (tertiary/aromatic N) is 2. The predicted octanol–water partition coefficient (Wildman–Crippen LogP) is 1.96. The predicted molar refractivity (Wildman–Crippen MR) is 74.9 cm³/mol.